The molecule has 7 rings (SSSR count). The molecule has 26 nitrogen and oxygen atoms in total. The number of likely N-dealkylation sites (N-methyl/N-ethyl adjacent to an activating group) is 1. The lowest BCUT2D eigenvalue weighted by atomic mass is 9.86. The highest BCUT2D eigenvalue weighted by atomic mass is 16.5. The third-order valence-electron chi connectivity index (χ3n) is 18.3. The van der Waals surface area contributed by atoms with Gasteiger partial charge in [-0.1, -0.05) is 112 Å². The fourth-order valence-electron chi connectivity index (χ4n) is 12.2. The second kappa shape index (κ2) is 37.2. The van der Waals surface area contributed by atoms with Crippen LogP contribution in [0.5, 0.6) is 5.75 Å². The number of hydrogen-bond acceptors (Lipinski definition) is 16. The lowest BCUT2D eigenvalue weighted by Gasteiger charge is -2.33. The number of likely N-dealkylation sites (tertiary alicyclic amines) is 1. The number of rotatable bonds is 34. The van der Waals surface area contributed by atoms with Crippen LogP contribution in [0, 0.1) is 40.5 Å². The van der Waals surface area contributed by atoms with Gasteiger partial charge in [-0.3, -0.25) is 48.2 Å². The molecule has 0 saturated carbocycles. The van der Waals surface area contributed by atoms with Gasteiger partial charge in [-0.2, -0.15) is 0 Å². The van der Waals surface area contributed by atoms with Crippen LogP contribution in [0.25, 0.3) is 10.9 Å². The number of nitrogens with zero attached hydrogens (tertiary/aromatic N) is 3. The van der Waals surface area contributed by atoms with E-state index in [-0.39, 0.29) is 70.2 Å². The van der Waals surface area contributed by atoms with Gasteiger partial charge in [-0.05, 0) is 166 Å². The minimum absolute atomic E-state index is 0.0203. The number of carbonyl (C=O) groups is 9. The number of hydrogen-bond donors (Lipinski definition) is 12. The number of benzene rings is 5. The van der Waals surface area contributed by atoms with Crippen molar-refractivity contribution in [1.82, 2.24) is 46.7 Å². The predicted molar refractivity (Wildman–Crippen MR) is 379 cm³/mol. The summed E-state index contributed by atoms with van der Waals surface area (Å²) in [6, 6.07) is 19.6. The van der Waals surface area contributed by atoms with Crippen molar-refractivity contribution in [3.63, 3.8) is 0 Å². The van der Waals surface area contributed by atoms with E-state index in [1.165, 1.54) is 0 Å². The Bertz CT molecular complexity index is 3810. The Morgan fingerprint density at radius 3 is 1.75 bits per heavy atom. The Kier molecular flexibility index (Phi) is 28.8. The minimum Gasteiger partial charge on any atom is -0.489 e. The highest BCUT2D eigenvalue weighted by Crippen LogP contribution is 2.28. The normalized spacial score (nSPS) is 15.0. The van der Waals surface area contributed by atoms with E-state index in [2.05, 4.69) is 41.9 Å². The number of aliphatic imine (C=N–C) groups is 1. The zero-order valence-electron chi connectivity index (χ0n) is 58.2. The summed E-state index contributed by atoms with van der Waals surface area (Å²) < 4.78 is 11.3. The minimum atomic E-state index is -1.90. The van der Waals surface area contributed by atoms with E-state index in [1.54, 1.807) is 90.0 Å². The summed E-state index contributed by atoms with van der Waals surface area (Å²) in [5.74, 6) is -8.13. The number of aromatic nitrogens is 1. The van der Waals surface area contributed by atoms with Crippen molar-refractivity contribution in [1.29, 1.82) is 0 Å². The third-order valence-corrected chi connectivity index (χ3v) is 18.3. The molecule has 0 unspecified atom stereocenters. The van der Waals surface area contributed by atoms with Crippen molar-refractivity contribution >= 4 is 70.2 Å². The summed E-state index contributed by atoms with van der Waals surface area (Å²) in [5.41, 5.74) is 27.4. The van der Waals surface area contributed by atoms with Crippen molar-refractivity contribution in [3.8, 4) is 5.75 Å². The predicted octanol–water partition coefficient (Wildman–Crippen LogP) is 3.81. The van der Waals surface area contributed by atoms with Gasteiger partial charge in [0.15, 0.2) is 5.96 Å². The Labute approximate surface area is 583 Å². The number of fused-ring (bicyclic) bond motifs is 1. The van der Waals surface area contributed by atoms with Crippen molar-refractivity contribution in [3.05, 3.63) is 171 Å². The maximum absolute atomic E-state index is 16.0. The van der Waals surface area contributed by atoms with Crippen LogP contribution in [0.2, 0.25) is 0 Å². The number of imide groups is 3. The first kappa shape index (κ1) is 77.3. The average molecular weight is 1380 g/mol. The summed E-state index contributed by atoms with van der Waals surface area (Å²) in [4.78, 5) is 143. The molecule has 0 bridgehead atoms. The Hall–Kier alpha value is -10.0. The number of aromatic amines is 1. The first-order valence-corrected chi connectivity index (χ1v) is 33.9. The molecule has 0 radical (unpaired) electrons. The van der Waals surface area contributed by atoms with E-state index in [0.29, 0.717) is 57.8 Å². The highest BCUT2D eigenvalue weighted by molar-refractivity contribution is 6.16. The number of H-pyrrole nitrogens is 1. The molecular formula is C74H97N13O13. The van der Waals surface area contributed by atoms with Gasteiger partial charge in [0, 0.05) is 36.5 Å². The Morgan fingerprint density at radius 2 is 1.14 bits per heavy atom. The first-order valence-electron chi connectivity index (χ1n) is 33.9. The fourth-order valence-corrected chi connectivity index (χ4v) is 12.2. The third kappa shape index (κ3) is 21.3. The van der Waals surface area contributed by atoms with Crippen LogP contribution in [0.15, 0.2) is 120 Å². The molecule has 536 valence electrons. The van der Waals surface area contributed by atoms with Gasteiger partial charge >= 0.3 is 6.09 Å². The van der Waals surface area contributed by atoms with Crippen LogP contribution < -0.4 is 53.8 Å². The van der Waals surface area contributed by atoms with Crippen LogP contribution in [-0.2, 0) is 75.6 Å². The molecule has 1 aromatic heterocycles. The zero-order chi connectivity index (χ0) is 72.7. The van der Waals surface area contributed by atoms with Crippen LogP contribution >= 0.6 is 0 Å². The lowest BCUT2D eigenvalue weighted by molar-refractivity contribution is -0.159. The number of aliphatic hydroxyl groups excluding tert-OH is 2. The Balaban J connectivity index is 1.22. The van der Waals surface area contributed by atoms with Crippen molar-refractivity contribution in [2.45, 2.75) is 168 Å². The molecule has 15 N–H and O–H groups in total. The molecule has 1 fully saturated rings. The molecule has 1 aliphatic heterocycles. The molecule has 0 spiro atoms. The van der Waals surface area contributed by atoms with E-state index in [0.717, 1.165) is 38.9 Å². The summed E-state index contributed by atoms with van der Waals surface area (Å²) >= 11 is 0. The standard InChI is InChI=1S/C74H97N13O13/c1-9-86-33-19-27-64(86)72(97)87(70(95)58(26-18-32-78-73(76)77)80-66(91)59(34-43(2)3)81-65(90)56(75)37-55-47(7)45(5)44(4)46(6)48(55)8)71(96)61(35-49-28-30-53(31-29-49)99-41-50-20-12-10-13-21-50)83-68(93)62(39-88)84-67(92)60(36-52-38-79-57-25-17-16-24-54(52)57)82-69(94)63(40-89)85-74(98)100-42-51-22-14-11-15-23-51/h10-17,20-25,28-31,38,43,56,58-64,79,88-89H,9,18-19,26-27,32-37,39-42,75H2,1-8H3,(H,80,91)(H,81,90)(H,82,94)(H,83,93)(H,84,92)(H,85,98)(H4,76,77,78)/t56-,58+,59+,60+,61+,62+,63+,64+/m1/s1. The maximum Gasteiger partial charge on any atom is 0.408 e. The van der Waals surface area contributed by atoms with E-state index in [9.17, 15) is 39.0 Å². The van der Waals surface area contributed by atoms with E-state index < -0.39 is 121 Å². The van der Waals surface area contributed by atoms with Gasteiger partial charge in [-0.25, -0.2) is 9.69 Å². The molecule has 26 heteroatoms. The molecule has 6 aromatic rings. The highest BCUT2D eigenvalue weighted by Gasteiger charge is 2.45. The molecule has 1 aliphatic rings. The van der Waals surface area contributed by atoms with Crippen molar-refractivity contribution in [2.24, 2.45) is 28.1 Å². The smallest absolute Gasteiger partial charge is 0.408 e. The summed E-state index contributed by atoms with van der Waals surface area (Å²) in [7, 11) is 0. The Morgan fingerprint density at radius 1 is 0.610 bits per heavy atom. The van der Waals surface area contributed by atoms with Gasteiger partial charge in [0.05, 0.1) is 25.3 Å². The van der Waals surface area contributed by atoms with Crippen LogP contribution in [-0.4, -0.2) is 165 Å². The fraction of sp³-hybridized carbons (Fsp3) is 0.432. The summed E-state index contributed by atoms with van der Waals surface area (Å²) in [6.07, 6.45) is 0.633. The van der Waals surface area contributed by atoms with E-state index in [1.807, 2.05) is 85.7 Å². The van der Waals surface area contributed by atoms with Gasteiger partial charge < -0.3 is 73.8 Å². The largest absolute Gasteiger partial charge is 0.489 e. The van der Waals surface area contributed by atoms with Gasteiger partial charge in [0.2, 0.25) is 29.5 Å². The van der Waals surface area contributed by atoms with Crippen LogP contribution in [0.3, 0.4) is 0 Å². The number of amides is 9. The number of guanidine groups is 1. The van der Waals surface area contributed by atoms with Gasteiger partial charge in [0.25, 0.3) is 17.7 Å². The number of ether oxygens (including phenoxy) is 2. The number of nitrogens with one attached hydrogen (secondary N) is 7. The summed E-state index contributed by atoms with van der Waals surface area (Å²) in [5, 5.41) is 37.7. The molecule has 100 heavy (non-hydrogen) atoms. The van der Waals surface area contributed by atoms with Crippen molar-refractivity contribution < 1.29 is 62.8 Å². The molecule has 9 amide bonds. The molecule has 8 atom stereocenters. The SMILES string of the molecule is CCN1CCC[C@H]1C(=O)N(C(=O)[C@H](CCCN=C(N)N)NC(=O)[C@H](CC(C)C)NC(=O)[C@H](N)Cc1c(C)c(C)c(C)c(C)c1C)C(=O)[C@H](Cc1ccc(OCc2ccccc2)cc1)NC(=O)[C@H](CO)NC(=O)[C@H](Cc1c[nH]c2ccccc12)NC(=O)[C@H](CO)NC(=O)OCc1ccccc1. The van der Waals surface area contributed by atoms with Gasteiger partial charge in [0.1, 0.15) is 55.2 Å². The number of alkyl carbamates (subject to hydrolysis) is 1. The molecule has 2 heterocycles. The van der Waals surface area contributed by atoms with E-state index in [4.69, 9.17) is 26.7 Å². The summed E-state index contributed by atoms with van der Waals surface area (Å²) in [6.45, 7) is 14.2. The molecule has 1 saturated heterocycles. The number of para-hydroxylation sites is 1. The molecule has 0 aliphatic carbocycles. The van der Waals surface area contributed by atoms with Crippen LogP contribution in [0.1, 0.15) is 109 Å². The first-order chi connectivity index (χ1) is 47.8. The van der Waals surface area contributed by atoms with E-state index >= 15 is 14.4 Å². The zero-order valence-corrected chi connectivity index (χ0v) is 58.2. The van der Waals surface area contributed by atoms with Crippen LogP contribution in [0.4, 0.5) is 4.79 Å². The van der Waals surface area contributed by atoms with Gasteiger partial charge in [-0.15, -0.1) is 0 Å². The number of nitrogens with two attached hydrogens (primary N) is 3. The lowest BCUT2D eigenvalue weighted by Crippen LogP contribution is -2.63. The maximum atomic E-state index is 16.0. The monoisotopic (exact) mass is 1380 g/mol. The molecular weight excluding hydrogens is 1280 g/mol. The second-order valence-corrected chi connectivity index (χ2v) is 25.7. The molecule has 5 aromatic carbocycles. The topological polar surface area (TPSA) is 397 Å². The quantitative estimate of drug-likeness (QED) is 0.0155. The second-order valence-electron chi connectivity index (χ2n) is 25.7. The average Bonchev–Trinajstić information content (AvgIpc) is 0.857. The van der Waals surface area contributed by atoms with Crippen molar-refractivity contribution in [2.75, 3.05) is 32.8 Å². The number of carbonyl (C=O) groups excluding carboxylic acids is 9. The number of aliphatic hydroxyl groups is 2.